The van der Waals surface area contributed by atoms with Crippen LogP contribution in [0.3, 0.4) is 0 Å². The van der Waals surface area contributed by atoms with E-state index in [0.717, 1.165) is 13.1 Å². The number of terminal acetylenes is 1. The molecule has 1 N–H and O–H groups in total. The van der Waals surface area contributed by atoms with Crippen molar-refractivity contribution >= 4 is 0 Å². The molecule has 17 heavy (non-hydrogen) atoms. The van der Waals surface area contributed by atoms with Crippen molar-refractivity contribution in [2.45, 2.75) is 59.2 Å². The quantitative estimate of drug-likeness (QED) is 0.757. The third-order valence-electron chi connectivity index (χ3n) is 3.72. The maximum Gasteiger partial charge on any atom is 0.0738 e. The number of hydrogen-bond acceptors (Lipinski definition) is 2. The van der Waals surface area contributed by atoms with Crippen LogP contribution in [0.25, 0.3) is 0 Å². The number of nitrogens with zero attached hydrogens (tertiary/aromatic N) is 1. The second-order valence-electron chi connectivity index (χ2n) is 6.60. The number of rotatable bonds is 3. The zero-order chi connectivity index (χ0) is 13.2. The molecule has 1 saturated heterocycles. The van der Waals surface area contributed by atoms with Gasteiger partial charge in [-0.2, -0.15) is 0 Å². The van der Waals surface area contributed by atoms with Gasteiger partial charge in [-0.25, -0.2) is 0 Å². The first-order valence-electron chi connectivity index (χ1n) is 6.75. The fourth-order valence-corrected chi connectivity index (χ4v) is 2.72. The summed E-state index contributed by atoms with van der Waals surface area (Å²) in [7, 11) is 0. The van der Waals surface area contributed by atoms with Crippen molar-refractivity contribution in [3.05, 3.63) is 0 Å². The van der Waals surface area contributed by atoms with E-state index in [1.54, 1.807) is 0 Å². The van der Waals surface area contributed by atoms with Crippen molar-refractivity contribution in [2.24, 2.45) is 11.8 Å². The van der Waals surface area contributed by atoms with Crippen molar-refractivity contribution in [3.8, 4) is 12.3 Å². The minimum absolute atomic E-state index is 0.162. The van der Waals surface area contributed by atoms with Gasteiger partial charge in [-0.3, -0.25) is 4.90 Å². The summed E-state index contributed by atoms with van der Waals surface area (Å²) in [6, 6.07) is 0.801. The van der Waals surface area contributed by atoms with Gasteiger partial charge in [0.25, 0.3) is 0 Å². The van der Waals surface area contributed by atoms with Crippen LogP contribution in [-0.4, -0.2) is 35.6 Å². The molecule has 1 aliphatic heterocycles. The minimum atomic E-state index is 0.162. The predicted molar refractivity (Wildman–Crippen MR) is 74.9 cm³/mol. The summed E-state index contributed by atoms with van der Waals surface area (Å²) < 4.78 is 0. The van der Waals surface area contributed by atoms with Crippen LogP contribution in [0.4, 0.5) is 0 Å². The summed E-state index contributed by atoms with van der Waals surface area (Å²) in [5, 5.41) is 3.63. The third kappa shape index (κ3) is 3.47. The molecular weight excluding hydrogens is 208 g/mol. The second kappa shape index (κ2) is 5.42. The van der Waals surface area contributed by atoms with Crippen molar-refractivity contribution in [2.75, 3.05) is 13.1 Å². The molecule has 2 unspecified atom stereocenters. The lowest BCUT2D eigenvalue weighted by molar-refractivity contribution is 0.0359. The first-order chi connectivity index (χ1) is 7.78. The molecule has 1 aliphatic rings. The monoisotopic (exact) mass is 236 g/mol. The van der Waals surface area contributed by atoms with E-state index in [0.29, 0.717) is 17.9 Å². The summed E-state index contributed by atoms with van der Waals surface area (Å²) in [4.78, 5) is 2.53. The molecule has 0 aromatic carbocycles. The van der Waals surface area contributed by atoms with Gasteiger partial charge in [0.05, 0.1) is 6.04 Å². The molecule has 2 heteroatoms. The van der Waals surface area contributed by atoms with E-state index >= 15 is 0 Å². The highest BCUT2D eigenvalue weighted by atomic mass is 15.3. The van der Waals surface area contributed by atoms with Gasteiger partial charge in [-0.05, 0) is 25.7 Å². The van der Waals surface area contributed by atoms with E-state index in [4.69, 9.17) is 6.42 Å². The molecule has 0 amide bonds. The molecule has 0 spiro atoms. The lowest BCUT2D eigenvalue weighted by Crippen LogP contribution is -2.65. The van der Waals surface area contributed by atoms with E-state index in [9.17, 15) is 0 Å². The molecule has 0 radical (unpaired) electrons. The van der Waals surface area contributed by atoms with Crippen LogP contribution in [0.5, 0.6) is 0 Å². The maximum atomic E-state index is 5.74. The fourth-order valence-electron chi connectivity index (χ4n) is 2.72. The largest absolute Gasteiger partial charge is 0.309 e. The molecule has 0 aromatic heterocycles. The molecular formula is C15H28N2. The van der Waals surface area contributed by atoms with Crippen LogP contribution in [0.15, 0.2) is 0 Å². The van der Waals surface area contributed by atoms with Gasteiger partial charge in [0.1, 0.15) is 0 Å². The Balaban J connectivity index is 2.91. The summed E-state index contributed by atoms with van der Waals surface area (Å²) in [6.45, 7) is 15.6. The first kappa shape index (κ1) is 14.5. The minimum Gasteiger partial charge on any atom is -0.309 e. The average Bonchev–Trinajstić information content (AvgIpc) is 2.16. The molecule has 1 fully saturated rings. The Kier molecular flexibility index (Phi) is 4.63. The topological polar surface area (TPSA) is 15.3 Å². The Morgan fingerprint density at radius 1 is 1.29 bits per heavy atom. The van der Waals surface area contributed by atoms with Crippen molar-refractivity contribution in [1.82, 2.24) is 10.2 Å². The van der Waals surface area contributed by atoms with E-state index < -0.39 is 0 Å². The molecule has 0 aliphatic carbocycles. The van der Waals surface area contributed by atoms with Crippen LogP contribution in [0.1, 0.15) is 41.5 Å². The van der Waals surface area contributed by atoms with Gasteiger partial charge in [0.15, 0.2) is 0 Å². The highest BCUT2D eigenvalue weighted by Crippen LogP contribution is 2.25. The van der Waals surface area contributed by atoms with Crippen molar-refractivity contribution in [3.63, 3.8) is 0 Å². The van der Waals surface area contributed by atoms with Crippen LogP contribution in [-0.2, 0) is 0 Å². The normalized spacial score (nSPS) is 27.1. The van der Waals surface area contributed by atoms with Crippen molar-refractivity contribution < 1.29 is 0 Å². The molecule has 0 aromatic rings. The Morgan fingerprint density at radius 2 is 1.88 bits per heavy atom. The number of nitrogens with one attached hydrogen (secondary N) is 1. The average molecular weight is 236 g/mol. The van der Waals surface area contributed by atoms with Crippen LogP contribution < -0.4 is 5.32 Å². The Morgan fingerprint density at radius 3 is 2.29 bits per heavy atom. The molecule has 2 nitrogen and oxygen atoms in total. The molecule has 98 valence electrons. The smallest absolute Gasteiger partial charge is 0.0738 e. The molecule has 0 saturated carbocycles. The SMILES string of the molecule is C#CC(C(C)C)N1CC(C)(C)NCC1C(C)C. The molecule has 1 heterocycles. The van der Waals surface area contributed by atoms with E-state index in [2.05, 4.69) is 57.7 Å². The summed E-state index contributed by atoms with van der Waals surface area (Å²) >= 11 is 0. The second-order valence-corrected chi connectivity index (χ2v) is 6.60. The third-order valence-corrected chi connectivity index (χ3v) is 3.72. The van der Waals surface area contributed by atoms with Gasteiger partial charge >= 0.3 is 0 Å². The standard InChI is InChI=1S/C15H28N2/c1-8-13(11(2)3)17-10-15(6,7)16-9-14(17)12(4)5/h1,11-14,16H,9-10H2,2-7H3. The highest BCUT2D eigenvalue weighted by molar-refractivity contribution is 5.07. The summed E-state index contributed by atoms with van der Waals surface area (Å²) in [6.07, 6.45) is 5.74. The Bertz CT molecular complexity index is 286. The van der Waals surface area contributed by atoms with Crippen LogP contribution >= 0.6 is 0 Å². The number of hydrogen-bond donors (Lipinski definition) is 1. The molecule has 1 rings (SSSR count). The molecule has 0 bridgehead atoms. The van der Waals surface area contributed by atoms with Gasteiger partial charge in [0.2, 0.25) is 0 Å². The van der Waals surface area contributed by atoms with Gasteiger partial charge in [-0.15, -0.1) is 6.42 Å². The van der Waals surface area contributed by atoms with E-state index in [1.807, 2.05) is 0 Å². The lowest BCUT2D eigenvalue weighted by Gasteiger charge is -2.49. The van der Waals surface area contributed by atoms with Crippen LogP contribution in [0.2, 0.25) is 0 Å². The Labute approximate surface area is 107 Å². The van der Waals surface area contributed by atoms with E-state index in [1.165, 1.54) is 0 Å². The summed E-state index contributed by atoms with van der Waals surface area (Å²) in [5.74, 6) is 4.13. The van der Waals surface area contributed by atoms with Crippen LogP contribution in [0, 0.1) is 24.2 Å². The predicted octanol–water partition coefficient (Wildman–Crippen LogP) is 2.35. The Hall–Kier alpha value is -0.520. The fraction of sp³-hybridized carbons (Fsp3) is 0.867. The lowest BCUT2D eigenvalue weighted by atomic mass is 9.89. The highest BCUT2D eigenvalue weighted by Gasteiger charge is 2.37. The number of piperazine rings is 1. The van der Waals surface area contributed by atoms with Gasteiger partial charge in [-0.1, -0.05) is 33.6 Å². The first-order valence-corrected chi connectivity index (χ1v) is 6.75. The zero-order valence-electron chi connectivity index (χ0n) is 12.2. The van der Waals surface area contributed by atoms with E-state index in [-0.39, 0.29) is 11.6 Å². The van der Waals surface area contributed by atoms with Gasteiger partial charge < -0.3 is 5.32 Å². The zero-order valence-corrected chi connectivity index (χ0v) is 12.2. The van der Waals surface area contributed by atoms with Gasteiger partial charge in [0, 0.05) is 24.7 Å². The molecule has 2 atom stereocenters. The summed E-state index contributed by atoms with van der Waals surface area (Å²) in [5.41, 5.74) is 0.162. The maximum absolute atomic E-state index is 5.74. The van der Waals surface area contributed by atoms with Crippen molar-refractivity contribution in [1.29, 1.82) is 0 Å².